The lowest BCUT2D eigenvalue weighted by atomic mass is 10.1. The molecule has 1 aromatic carbocycles. The van der Waals surface area contributed by atoms with Crippen molar-refractivity contribution >= 4 is 18.3 Å². The number of ether oxygens (including phenoxy) is 1. The van der Waals surface area contributed by atoms with Crippen molar-refractivity contribution in [2.24, 2.45) is 5.73 Å². The molecule has 2 atom stereocenters. The molecule has 2 N–H and O–H groups in total. The summed E-state index contributed by atoms with van der Waals surface area (Å²) in [4.78, 5) is 14.5. The van der Waals surface area contributed by atoms with Gasteiger partial charge in [-0.25, -0.2) is 0 Å². The van der Waals surface area contributed by atoms with Crippen molar-refractivity contribution in [3.8, 4) is 0 Å². The summed E-state index contributed by atoms with van der Waals surface area (Å²) in [7, 11) is 0. The minimum absolute atomic E-state index is 0. The number of benzene rings is 1. The van der Waals surface area contributed by atoms with Crippen LogP contribution in [0.25, 0.3) is 0 Å². The van der Waals surface area contributed by atoms with Gasteiger partial charge in [0.25, 0.3) is 0 Å². The second kappa shape index (κ2) is 10.6. The Balaban J connectivity index is 0.00000264. The third-order valence-corrected chi connectivity index (χ3v) is 4.16. The first-order valence-corrected chi connectivity index (χ1v) is 8.40. The highest BCUT2D eigenvalue weighted by molar-refractivity contribution is 5.85. The lowest BCUT2D eigenvalue weighted by Crippen LogP contribution is -2.45. The molecule has 1 aliphatic heterocycles. The lowest BCUT2D eigenvalue weighted by molar-refractivity contribution is -0.132. The normalized spacial score (nSPS) is 19.6. The molecule has 4 nitrogen and oxygen atoms in total. The third kappa shape index (κ3) is 6.50. The minimum atomic E-state index is -0.449. The van der Waals surface area contributed by atoms with E-state index in [1.54, 1.807) is 0 Å². The van der Waals surface area contributed by atoms with Crippen LogP contribution in [0.1, 0.15) is 38.2 Å². The van der Waals surface area contributed by atoms with E-state index in [0.717, 1.165) is 50.9 Å². The molecule has 0 aliphatic carbocycles. The van der Waals surface area contributed by atoms with Crippen molar-refractivity contribution in [3.05, 3.63) is 35.9 Å². The number of halogens is 1. The molecule has 0 radical (unpaired) electrons. The van der Waals surface area contributed by atoms with Gasteiger partial charge in [-0.2, -0.15) is 0 Å². The molecular weight excluding hydrogens is 312 g/mol. The van der Waals surface area contributed by atoms with Gasteiger partial charge < -0.3 is 15.4 Å². The summed E-state index contributed by atoms with van der Waals surface area (Å²) in [5.41, 5.74) is 7.24. The van der Waals surface area contributed by atoms with Crippen molar-refractivity contribution in [2.45, 2.75) is 51.2 Å². The molecule has 1 fully saturated rings. The van der Waals surface area contributed by atoms with Gasteiger partial charge in [-0.15, -0.1) is 12.4 Å². The van der Waals surface area contributed by atoms with E-state index in [1.807, 2.05) is 35.2 Å². The molecule has 0 spiro atoms. The molecule has 1 unspecified atom stereocenters. The van der Waals surface area contributed by atoms with E-state index < -0.39 is 6.04 Å². The van der Waals surface area contributed by atoms with Crippen molar-refractivity contribution in [1.82, 2.24) is 4.90 Å². The molecule has 0 aromatic heterocycles. The molecule has 1 aliphatic rings. The summed E-state index contributed by atoms with van der Waals surface area (Å²) in [6, 6.07) is 9.52. The number of hydrogen-bond acceptors (Lipinski definition) is 3. The van der Waals surface area contributed by atoms with E-state index in [4.69, 9.17) is 10.5 Å². The molecule has 0 saturated carbocycles. The zero-order chi connectivity index (χ0) is 15.8. The zero-order valence-corrected chi connectivity index (χ0v) is 14.8. The van der Waals surface area contributed by atoms with Crippen molar-refractivity contribution in [3.63, 3.8) is 0 Å². The van der Waals surface area contributed by atoms with E-state index in [-0.39, 0.29) is 18.3 Å². The fourth-order valence-electron chi connectivity index (χ4n) is 2.93. The van der Waals surface area contributed by atoms with Crippen LogP contribution in [-0.2, 0) is 16.0 Å². The standard InChI is InChI=1S/C18H28N2O2.ClH/c1-2-13-22-16-9-6-11-20(12-10-16)18(21)17(19)14-15-7-4-3-5-8-15;/h3-5,7-8,16-17H,2,6,9-14,19H2,1H3;1H/t16?,17-;/m0./s1. The Morgan fingerprint density at radius 3 is 2.74 bits per heavy atom. The number of nitrogens with two attached hydrogens (primary N) is 1. The van der Waals surface area contributed by atoms with E-state index in [0.29, 0.717) is 12.5 Å². The van der Waals surface area contributed by atoms with Crippen LogP contribution in [0.15, 0.2) is 30.3 Å². The van der Waals surface area contributed by atoms with Gasteiger partial charge >= 0.3 is 0 Å². The Kier molecular flexibility index (Phi) is 9.22. The van der Waals surface area contributed by atoms with Crippen LogP contribution in [0.2, 0.25) is 0 Å². The predicted molar refractivity (Wildman–Crippen MR) is 95.8 cm³/mol. The maximum atomic E-state index is 12.5. The van der Waals surface area contributed by atoms with Gasteiger partial charge in [0.15, 0.2) is 0 Å². The van der Waals surface area contributed by atoms with Crippen LogP contribution in [0.3, 0.4) is 0 Å². The first-order chi connectivity index (χ1) is 10.7. The summed E-state index contributed by atoms with van der Waals surface area (Å²) in [6.07, 6.45) is 4.90. The summed E-state index contributed by atoms with van der Waals surface area (Å²) in [5.74, 6) is 0.0694. The highest BCUT2D eigenvalue weighted by atomic mass is 35.5. The highest BCUT2D eigenvalue weighted by Gasteiger charge is 2.24. The maximum absolute atomic E-state index is 12.5. The van der Waals surface area contributed by atoms with Gasteiger partial charge in [-0.05, 0) is 37.7 Å². The van der Waals surface area contributed by atoms with Gasteiger partial charge in [-0.1, -0.05) is 37.3 Å². The predicted octanol–water partition coefficient (Wildman–Crippen LogP) is 2.79. The Morgan fingerprint density at radius 1 is 1.30 bits per heavy atom. The molecule has 23 heavy (non-hydrogen) atoms. The van der Waals surface area contributed by atoms with Crippen LogP contribution in [-0.4, -0.2) is 42.6 Å². The van der Waals surface area contributed by atoms with Gasteiger partial charge in [0.05, 0.1) is 12.1 Å². The summed E-state index contributed by atoms with van der Waals surface area (Å²) in [6.45, 7) is 4.49. The SMILES string of the molecule is CCCOC1CCCN(C(=O)[C@@H](N)Cc2ccccc2)CC1.Cl. The maximum Gasteiger partial charge on any atom is 0.239 e. The molecule has 1 saturated heterocycles. The largest absolute Gasteiger partial charge is 0.378 e. The van der Waals surface area contributed by atoms with Crippen LogP contribution in [0, 0.1) is 0 Å². The van der Waals surface area contributed by atoms with E-state index >= 15 is 0 Å². The summed E-state index contributed by atoms with van der Waals surface area (Å²) < 4.78 is 5.83. The first kappa shape index (κ1) is 19.9. The zero-order valence-electron chi connectivity index (χ0n) is 13.9. The molecule has 2 rings (SSSR count). The monoisotopic (exact) mass is 340 g/mol. The van der Waals surface area contributed by atoms with Crippen molar-refractivity contribution in [1.29, 1.82) is 0 Å². The second-order valence-corrected chi connectivity index (χ2v) is 6.05. The van der Waals surface area contributed by atoms with Crippen molar-refractivity contribution in [2.75, 3.05) is 19.7 Å². The molecule has 5 heteroatoms. The summed E-state index contributed by atoms with van der Waals surface area (Å²) in [5, 5.41) is 0. The van der Waals surface area contributed by atoms with Gasteiger partial charge in [0.2, 0.25) is 5.91 Å². The van der Waals surface area contributed by atoms with Crippen LogP contribution >= 0.6 is 12.4 Å². The Morgan fingerprint density at radius 2 is 2.04 bits per heavy atom. The quantitative estimate of drug-likeness (QED) is 0.866. The van der Waals surface area contributed by atoms with Gasteiger partial charge in [0, 0.05) is 19.7 Å². The van der Waals surface area contributed by atoms with E-state index in [1.165, 1.54) is 0 Å². The average molecular weight is 341 g/mol. The number of rotatable bonds is 6. The minimum Gasteiger partial charge on any atom is -0.378 e. The smallest absolute Gasteiger partial charge is 0.239 e. The van der Waals surface area contributed by atoms with E-state index in [9.17, 15) is 4.79 Å². The van der Waals surface area contributed by atoms with Crippen LogP contribution < -0.4 is 5.73 Å². The Hall–Kier alpha value is -1.10. The number of carbonyl (C=O) groups is 1. The number of hydrogen-bond donors (Lipinski definition) is 1. The van der Waals surface area contributed by atoms with Gasteiger partial charge in [-0.3, -0.25) is 4.79 Å². The molecule has 0 bridgehead atoms. The fraction of sp³-hybridized carbons (Fsp3) is 0.611. The number of likely N-dealkylation sites (tertiary alicyclic amines) is 1. The lowest BCUT2D eigenvalue weighted by Gasteiger charge is -2.24. The van der Waals surface area contributed by atoms with Crippen LogP contribution in [0.5, 0.6) is 0 Å². The van der Waals surface area contributed by atoms with Gasteiger partial charge in [0.1, 0.15) is 0 Å². The molecule has 1 amide bonds. The molecule has 130 valence electrons. The average Bonchev–Trinajstić information content (AvgIpc) is 2.78. The topological polar surface area (TPSA) is 55.6 Å². The molecule has 1 aromatic rings. The number of carbonyl (C=O) groups excluding carboxylic acids is 1. The van der Waals surface area contributed by atoms with Crippen molar-refractivity contribution < 1.29 is 9.53 Å². The first-order valence-electron chi connectivity index (χ1n) is 8.40. The Bertz CT molecular complexity index is 456. The molecular formula is C18H29ClN2O2. The summed E-state index contributed by atoms with van der Waals surface area (Å²) >= 11 is 0. The Labute approximate surface area is 145 Å². The number of nitrogens with zero attached hydrogens (tertiary/aromatic N) is 1. The number of amides is 1. The fourth-order valence-corrected chi connectivity index (χ4v) is 2.93. The second-order valence-electron chi connectivity index (χ2n) is 6.05. The third-order valence-electron chi connectivity index (χ3n) is 4.16. The highest BCUT2D eigenvalue weighted by Crippen LogP contribution is 2.16. The van der Waals surface area contributed by atoms with Crippen LogP contribution in [0.4, 0.5) is 0 Å². The molecule has 1 heterocycles. The van der Waals surface area contributed by atoms with E-state index in [2.05, 4.69) is 6.92 Å².